The average molecular weight is 309 g/mol. The van der Waals surface area contributed by atoms with Crippen LogP contribution >= 0.6 is 11.6 Å². The highest BCUT2D eigenvalue weighted by Crippen LogP contribution is 2.25. The number of ether oxygens (including phenoxy) is 1. The standard InChI is InChI=1S/C15H21ClN4O/c1-11(16)14-17-12-5-6-13(21-2)18-15(12)20(14)10-9-19-7-3-4-8-19/h5-6,11H,3-4,7-10H2,1-2H3. The predicted molar refractivity (Wildman–Crippen MR) is 84.0 cm³/mol. The lowest BCUT2D eigenvalue weighted by molar-refractivity contribution is 0.322. The maximum atomic E-state index is 6.29. The smallest absolute Gasteiger partial charge is 0.215 e. The Morgan fingerprint density at radius 2 is 2.00 bits per heavy atom. The van der Waals surface area contributed by atoms with E-state index in [-0.39, 0.29) is 5.38 Å². The monoisotopic (exact) mass is 308 g/mol. The number of imidazole rings is 1. The maximum absolute atomic E-state index is 6.29. The Kier molecular flexibility index (Phi) is 4.31. The second-order valence-corrected chi connectivity index (χ2v) is 6.14. The third-order valence-electron chi connectivity index (χ3n) is 4.00. The van der Waals surface area contributed by atoms with E-state index in [1.54, 1.807) is 7.11 Å². The Morgan fingerprint density at radius 3 is 2.67 bits per heavy atom. The van der Waals surface area contributed by atoms with Crippen LogP contribution in [0.2, 0.25) is 0 Å². The summed E-state index contributed by atoms with van der Waals surface area (Å²) < 4.78 is 7.36. The number of fused-ring (bicyclic) bond motifs is 1. The second kappa shape index (κ2) is 6.20. The van der Waals surface area contributed by atoms with Gasteiger partial charge in [-0.2, -0.15) is 4.98 Å². The summed E-state index contributed by atoms with van der Waals surface area (Å²) in [4.78, 5) is 11.7. The highest BCUT2D eigenvalue weighted by molar-refractivity contribution is 6.20. The van der Waals surface area contributed by atoms with Gasteiger partial charge in [-0.1, -0.05) is 0 Å². The van der Waals surface area contributed by atoms with Crippen LogP contribution in [0.25, 0.3) is 11.2 Å². The molecular formula is C15H21ClN4O. The zero-order chi connectivity index (χ0) is 14.8. The van der Waals surface area contributed by atoms with Gasteiger partial charge >= 0.3 is 0 Å². The van der Waals surface area contributed by atoms with Crippen molar-refractivity contribution in [3.63, 3.8) is 0 Å². The SMILES string of the molecule is COc1ccc2nc(C(C)Cl)n(CCN3CCCC3)c2n1. The lowest BCUT2D eigenvalue weighted by atomic mass is 10.4. The van der Waals surface area contributed by atoms with E-state index in [2.05, 4.69) is 19.4 Å². The van der Waals surface area contributed by atoms with Crippen LogP contribution in [0.3, 0.4) is 0 Å². The molecule has 1 aliphatic heterocycles. The van der Waals surface area contributed by atoms with Gasteiger partial charge in [-0.3, -0.25) is 0 Å². The number of pyridine rings is 1. The first-order valence-electron chi connectivity index (χ1n) is 7.46. The first-order valence-corrected chi connectivity index (χ1v) is 7.90. The molecule has 0 aromatic carbocycles. The molecule has 0 spiro atoms. The van der Waals surface area contributed by atoms with E-state index in [1.165, 1.54) is 25.9 Å². The van der Waals surface area contributed by atoms with Gasteiger partial charge in [0, 0.05) is 19.2 Å². The second-order valence-electron chi connectivity index (χ2n) is 5.48. The van der Waals surface area contributed by atoms with Gasteiger partial charge in [0.05, 0.1) is 12.5 Å². The molecule has 2 aromatic heterocycles. The molecule has 0 N–H and O–H groups in total. The van der Waals surface area contributed by atoms with Gasteiger partial charge in [0.25, 0.3) is 0 Å². The van der Waals surface area contributed by atoms with Crippen LogP contribution in [0.4, 0.5) is 0 Å². The Bertz CT molecular complexity index is 619. The number of hydrogen-bond donors (Lipinski definition) is 0. The highest BCUT2D eigenvalue weighted by Gasteiger charge is 2.18. The molecule has 0 saturated carbocycles. The average Bonchev–Trinajstić information content (AvgIpc) is 3.11. The zero-order valence-corrected chi connectivity index (χ0v) is 13.3. The van der Waals surface area contributed by atoms with Crippen molar-refractivity contribution in [2.24, 2.45) is 0 Å². The lowest BCUT2D eigenvalue weighted by Gasteiger charge is -2.17. The van der Waals surface area contributed by atoms with Crippen molar-refractivity contribution >= 4 is 22.8 Å². The summed E-state index contributed by atoms with van der Waals surface area (Å²) in [5.74, 6) is 1.49. The Balaban J connectivity index is 1.93. The van der Waals surface area contributed by atoms with Gasteiger partial charge in [0.2, 0.25) is 5.88 Å². The van der Waals surface area contributed by atoms with E-state index in [1.807, 2.05) is 19.1 Å². The van der Waals surface area contributed by atoms with Gasteiger partial charge in [-0.25, -0.2) is 4.98 Å². The molecule has 0 bridgehead atoms. The summed E-state index contributed by atoms with van der Waals surface area (Å²) in [6, 6.07) is 3.78. The fourth-order valence-corrected chi connectivity index (χ4v) is 3.05. The minimum atomic E-state index is -0.135. The van der Waals surface area contributed by atoms with Gasteiger partial charge < -0.3 is 14.2 Å². The molecule has 6 heteroatoms. The molecule has 1 aliphatic rings. The molecule has 0 amide bonds. The summed E-state index contributed by atoms with van der Waals surface area (Å²) in [7, 11) is 1.63. The van der Waals surface area contributed by atoms with Gasteiger partial charge in [-0.15, -0.1) is 11.6 Å². The van der Waals surface area contributed by atoms with Crippen molar-refractivity contribution in [1.82, 2.24) is 19.4 Å². The van der Waals surface area contributed by atoms with E-state index < -0.39 is 0 Å². The van der Waals surface area contributed by atoms with E-state index >= 15 is 0 Å². The number of nitrogens with zero attached hydrogens (tertiary/aromatic N) is 4. The van der Waals surface area contributed by atoms with Crippen molar-refractivity contribution < 1.29 is 4.74 Å². The van der Waals surface area contributed by atoms with Crippen molar-refractivity contribution in [3.8, 4) is 5.88 Å². The van der Waals surface area contributed by atoms with Crippen LogP contribution in [0.1, 0.15) is 31.0 Å². The van der Waals surface area contributed by atoms with Crippen LogP contribution in [-0.4, -0.2) is 46.2 Å². The molecule has 21 heavy (non-hydrogen) atoms. The van der Waals surface area contributed by atoms with E-state index in [9.17, 15) is 0 Å². The summed E-state index contributed by atoms with van der Waals surface area (Å²) >= 11 is 6.29. The first kappa shape index (κ1) is 14.6. The Labute approximate surface area is 129 Å². The van der Waals surface area contributed by atoms with E-state index in [4.69, 9.17) is 16.3 Å². The molecule has 1 fully saturated rings. The fraction of sp³-hybridized carbons (Fsp3) is 0.600. The van der Waals surface area contributed by atoms with Crippen LogP contribution in [0.5, 0.6) is 5.88 Å². The molecule has 1 saturated heterocycles. The Morgan fingerprint density at radius 1 is 1.24 bits per heavy atom. The number of likely N-dealkylation sites (tertiary alicyclic amines) is 1. The number of aromatic nitrogens is 3. The quantitative estimate of drug-likeness (QED) is 0.797. The van der Waals surface area contributed by atoms with Crippen LogP contribution < -0.4 is 4.74 Å². The van der Waals surface area contributed by atoms with Crippen molar-refractivity contribution in [1.29, 1.82) is 0 Å². The van der Waals surface area contributed by atoms with E-state index in [0.29, 0.717) is 5.88 Å². The molecule has 3 rings (SSSR count). The predicted octanol–water partition coefficient (Wildman–Crippen LogP) is 2.84. The number of alkyl halides is 1. The third kappa shape index (κ3) is 2.99. The molecule has 1 atom stereocenters. The topological polar surface area (TPSA) is 43.2 Å². The highest BCUT2D eigenvalue weighted by atomic mass is 35.5. The number of hydrogen-bond acceptors (Lipinski definition) is 4. The molecule has 0 radical (unpaired) electrons. The minimum absolute atomic E-state index is 0.135. The van der Waals surface area contributed by atoms with Gasteiger partial charge in [0.1, 0.15) is 11.3 Å². The molecule has 5 nitrogen and oxygen atoms in total. The molecular weight excluding hydrogens is 288 g/mol. The molecule has 2 aromatic rings. The van der Waals surface area contributed by atoms with Crippen molar-refractivity contribution in [2.45, 2.75) is 31.7 Å². The van der Waals surface area contributed by atoms with Gasteiger partial charge in [-0.05, 0) is 38.9 Å². The zero-order valence-electron chi connectivity index (χ0n) is 12.5. The number of rotatable bonds is 5. The van der Waals surface area contributed by atoms with Crippen LogP contribution in [0.15, 0.2) is 12.1 Å². The molecule has 0 aliphatic carbocycles. The fourth-order valence-electron chi connectivity index (χ4n) is 2.89. The summed E-state index contributed by atoms with van der Waals surface area (Å²) in [5.41, 5.74) is 1.73. The van der Waals surface area contributed by atoms with E-state index in [0.717, 1.165) is 30.1 Å². The molecule has 3 heterocycles. The molecule has 114 valence electrons. The lowest BCUT2D eigenvalue weighted by Crippen LogP contribution is -2.25. The van der Waals surface area contributed by atoms with Crippen molar-refractivity contribution in [2.75, 3.05) is 26.7 Å². The normalized spacial score (nSPS) is 17.5. The number of halogens is 1. The summed E-state index contributed by atoms with van der Waals surface area (Å²) in [6.07, 6.45) is 2.60. The van der Waals surface area contributed by atoms with Crippen LogP contribution in [-0.2, 0) is 6.54 Å². The maximum Gasteiger partial charge on any atom is 0.215 e. The minimum Gasteiger partial charge on any atom is -0.481 e. The Hall–Kier alpha value is -1.33. The summed E-state index contributed by atoms with van der Waals surface area (Å²) in [5, 5.41) is -0.135. The molecule has 1 unspecified atom stereocenters. The van der Waals surface area contributed by atoms with Gasteiger partial charge in [0.15, 0.2) is 5.65 Å². The summed E-state index contributed by atoms with van der Waals surface area (Å²) in [6.45, 7) is 6.21. The number of methoxy groups -OCH3 is 1. The van der Waals surface area contributed by atoms with Crippen LogP contribution in [0, 0.1) is 0 Å². The third-order valence-corrected chi connectivity index (χ3v) is 4.19. The largest absolute Gasteiger partial charge is 0.481 e. The van der Waals surface area contributed by atoms with Crippen molar-refractivity contribution in [3.05, 3.63) is 18.0 Å². The first-order chi connectivity index (χ1) is 10.2.